The molecule has 0 bridgehead atoms. The third-order valence-corrected chi connectivity index (χ3v) is 4.01. The van der Waals surface area contributed by atoms with Crippen LogP contribution in [0.4, 0.5) is 11.4 Å². The molecule has 2 aromatic carbocycles. The molecule has 2 aromatic rings. The third-order valence-electron chi connectivity index (χ3n) is 4.01. The predicted molar refractivity (Wildman–Crippen MR) is 91.2 cm³/mol. The van der Waals surface area contributed by atoms with Crippen molar-refractivity contribution in [3.8, 4) is 22.6 Å². The maximum Gasteiger partial charge on any atom is 0.142 e. The Bertz CT molecular complexity index is 678. The number of nitrogens with two attached hydrogens (primary N) is 2. The highest BCUT2D eigenvalue weighted by molar-refractivity contribution is 5.74. The highest BCUT2D eigenvalue weighted by Crippen LogP contribution is 2.33. The Morgan fingerprint density at radius 3 is 1.54 bits per heavy atom. The van der Waals surface area contributed by atoms with Gasteiger partial charge in [0, 0.05) is 0 Å². The summed E-state index contributed by atoms with van der Waals surface area (Å²) >= 11 is 0. The highest BCUT2D eigenvalue weighted by atomic mass is 16.6. The van der Waals surface area contributed by atoms with Gasteiger partial charge in [-0.2, -0.15) is 0 Å². The molecule has 0 spiro atoms. The van der Waals surface area contributed by atoms with E-state index in [4.69, 9.17) is 30.4 Å². The van der Waals surface area contributed by atoms with Gasteiger partial charge < -0.3 is 30.4 Å². The first-order chi connectivity index (χ1) is 11.7. The summed E-state index contributed by atoms with van der Waals surface area (Å²) in [5.74, 6) is 1.35. The number of nitrogen functional groups attached to an aromatic ring is 2. The SMILES string of the molecule is Nc1cc(-c2ccc(OCC3CO3)c(N)c2)ccc1OCC1CO1. The van der Waals surface area contributed by atoms with E-state index in [9.17, 15) is 0 Å². The van der Waals surface area contributed by atoms with Crippen LogP contribution in [-0.2, 0) is 9.47 Å². The van der Waals surface area contributed by atoms with Crippen molar-refractivity contribution in [3.05, 3.63) is 36.4 Å². The Morgan fingerprint density at radius 1 is 0.792 bits per heavy atom. The summed E-state index contributed by atoms with van der Waals surface area (Å²) in [7, 11) is 0. The predicted octanol–water partition coefficient (Wildman–Crippen LogP) is 2.07. The van der Waals surface area contributed by atoms with Crippen molar-refractivity contribution in [1.29, 1.82) is 0 Å². The largest absolute Gasteiger partial charge is 0.489 e. The second-order valence-corrected chi connectivity index (χ2v) is 6.04. The maximum atomic E-state index is 6.09. The molecule has 6 nitrogen and oxygen atoms in total. The molecule has 4 rings (SSSR count). The van der Waals surface area contributed by atoms with Crippen LogP contribution in [0.15, 0.2) is 36.4 Å². The zero-order valence-corrected chi connectivity index (χ0v) is 13.2. The fourth-order valence-electron chi connectivity index (χ4n) is 2.41. The fourth-order valence-corrected chi connectivity index (χ4v) is 2.41. The molecule has 0 radical (unpaired) electrons. The molecule has 0 aromatic heterocycles. The van der Waals surface area contributed by atoms with E-state index in [0.29, 0.717) is 36.1 Å². The van der Waals surface area contributed by atoms with Gasteiger partial charge in [-0.05, 0) is 35.4 Å². The Kier molecular flexibility index (Phi) is 3.92. The van der Waals surface area contributed by atoms with E-state index in [1.165, 1.54) is 0 Å². The number of rotatable bonds is 7. The van der Waals surface area contributed by atoms with E-state index < -0.39 is 0 Å². The average molecular weight is 328 g/mol. The van der Waals surface area contributed by atoms with Gasteiger partial charge >= 0.3 is 0 Å². The second-order valence-electron chi connectivity index (χ2n) is 6.04. The molecule has 2 unspecified atom stereocenters. The molecule has 6 heteroatoms. The zero-order chi connectivity index (χ0) is 16.5. The van der Waals surface area contributed by atoms with E-state index >= 15 is 0 Å². The summed E-state index contributed by atoms with van der Waals surface area (Å²) in [5, 5.41) is 0. The zero-order valence-electron chi connectivity index (χ0n) is 13.2. The topological polar surface area (TPSA) is 95.6 Å². The van der Waals surface area contributed by atoms with Gasteiger partial charge in [-0.25, -0.2) is 0 Å². The molecule has 2 aliphatic rings. The summed E-state index contributed by atoms with van der Waals surface area (Å²) in [6.07, 6.45) is 0.412. The molecule has 0 aliphatic carbocycles. The third kappa shape index (κ3) is 3.55. The second kappa shape index (κ2) is 6.22. The lowest BCUT2D eigenvalue weighted by Gasteiger charge is -2.12. The molecule has 2 atom stereocenters. The van der Waals surface area contributed by atoms with Crippen molar-refractivity contribution in [2.75, 3.05) is 37.9 Å². The number of hydrogen-bond acceptors (Lipinski definition) is 6. The molecule has 2 heterocycles. The minimum Gasteiger partial charge on any atom is -0.489 e. The van der Waals surface area contributed by atoms with Crippen LogP contribution in [0.25, 0.3) is 11.1 Å². The molecule has 0 amide bonds. The van der Waals surface area contributed by atoms with E-state index in [0.717, 1.165) is 24.3 Å². The molecule has 24 heavy (non-hydrogen) atoms. The van der Waals surface area contributed by atoms with Crippen molar-refractivity contribution in [1.82, 2.24) is 0 Å². The Balaban J connectivity index is 1.47. The quantitative estimate of drug-likeness (QED) is 0.597. The van der Waals surface area contributed by atoms with Crippen LogP contribution in [0.5, 0.6) is 11.5 Å². The number of anilines is 2. The molecule has 2 fully saturated rings. The summed E-state index contributed by atoms with van der Waals surface area (Å²) in [5.41, 5.74) is 15.3. The number of hydrogen-bond donors (Lipinski definition) is 2. The van der Waals surface area contributed by atoms with Gasteiger partial charge in [-0.3, -0.25) is 0 Å². The average Bonchev–Trinajstić information content (AvgIpc) is 3.46. The summed E-state index contributed by atoms with van der Waals surface area (Å²) in [6, 6.07) is 11.4. The van der Waals surface area contributed by atoms with Crippen LogP contribution in [0.1, 0.15) is 0 Å². The highest BCUT2D eigenvalue weighted by Gasteiger charge is 2.24. The number of benzene rings is 2. The first kappa shape index (κ1) is 15.1. The Morgan fingerprint density at radius 2 is 1.21 bits per heavy atom. The van der Waals surface area contributed by atoms with E-state index in [2.05, 4.69) is 0 Å². The van der Waals surface area contributed by atoms with Crippen molar-refractivity contribution < 1.29 is 18.9 Å². The van der Waals surface area contributed by atoms with E-state index in [-0.39, 0.29) is 12.2 Å². The fraction of sp³-hybridized carbons (Fsp3) is 0.333. The molecule has 4 N–H and O–H groups in total. The first-order valence-corrected chi connectivity index (χ1v) is 7.97. The van der Waals surface area contributed by atoms with E-state index in [1.54, 1.807) is 0 Å². The Labute approximate surface area is 140 Å². The maximum absolute atomic E-state index is 6.09. The summed E-state index contributed by atoms with van der Waals surface area (Å²) in [4.78, 5) is 0. The molecular formula is C18H20N2O4. The number of ether oxygens (including phenoxy) is 4. The molecule has 0 saturated carbocycles. The van der Waals surface area contributed by atoms with E-state index in [1.807, 2.05) is 36.4 Å². The lowest BCUT2D eigenvalue weighted by Crippen LogP contribution is -2.06. The normalized spacial score (nSPS) is 21.3. The van der Waals surface area contributed by atoms with Crippen LogP contribution in [-0.4, -0.2) is 38.6 Å². The van der Waals surface area contributed by atoms with Crippen molar-refractivity contribution in [3.63, 3.8) is 0 Å². The van der Waals surface area contributed by atoms with Crippen molar-refractivity contribution in [2.24, 2.45) is 0 Å². The standard InChI is InChI=1S/C18H20N2O4/c19-15-5-11(1-3-17(15)23-9-13-7-21-13)12-2-4-18(16(20)6-12)24-10-14-8-22-14/h1-6,13-14H,7-10,19-20H2. The minimum absolute atomic E-state index is 0.206. The van der Waals surface area contributed by atoms with Gasteiger partial charge in [0.25, 0.3) is 0 Å². The van der Waals surface area contributed by atoms with Gasteiger partial charge in [0.15, 0.2) is 0 Å². The molecule has 2 saturated heterocycles. The van der Waals surface area contributed by atoms with Crippen LogP contribution in [0, 0.1) is 0 Å². The molecular weight excluding hydrogens is 308 g/mol. The number of epoxide rings is 2. The lowest BCUT2D eigenvalue weighted by atomic mass is 10.0. The molecule has 126 valence electrons. The first-order valence-electron chi connectivity index (χ1n) is 7.97. The lowest BCUT2D eigenvalue weighted by molar-refractivity contribution is 0.264. The van der Waals surface area contributed by atoms with Crippen LogP contribution in [0.3, 0.4) is 0 Å². The smallest absolute Gasteiger partial charge is 0.142 e. The van der Waals surface area contributed by atoms with Gasteiger partial charge in [0.1, 0.15) is 36.9 Å². The van der Waals surface area contributed by atoms with Crippen molar-refractivity contribution in [2.45, 2.75) is 12.2 Å². The summed E-state index contributed by atoms with van der Waals surface area (Å²) in [6.45, 7) is 2.59. The molecule has 2 aliphatic heterocycles. The van der Waals surface area contributed by atoms with Gasteiger partial charge in [0.2, 0.25) is 0 Å². The monoisotopic (exact) mass is 328 g/mol. The summed E-state index contributed by atoms with van der Waals surface area (Å²) < 4.78 is 21.5. The Hall–Kier alpha value is -2.44. The van der Waals surface area contributed by atoms with Crippen LogP contribution >= 0.6 is 0 Å². The van der Waals surface area contributed by atoms with Gasteiger partial charge in [0.05, 0.1) is 24.6 Å². The van der Waals surface area contributed by atoms with Crippen LogP contribution in [0.2, 0.25) is 0 Å². The van der Waals surface area contributed by atoms with Crippen LogP contribution < -0.4 is 20.9 Å². The van der Waals surface area contributed by atoms with Crippen molar-refractivity contribution >= 4 is 11.4 Å². The minimum atomic E-state index is 0.206. The van der Waals surface area contributed by atoms with Gasteiger partial charge in [-0.1, -0.05) is 12.1 Å². The van der Waals surface area contributed by atoms with Gasteiger partial charge in [-0.15, -0.1) is 0 Å².